The van der Waals surface area contributed by atoms with E-state index in [0.29, 0.717) is 0 Å². The number of nitrogens with two attached hydrogens (primary N) is 1. The van der Waals surface area contributed by atoms with Crippen molar-refractivity contribution in [2.75, 3.05) is 18.5 Å². The zero-order valence-corrected chi connectivity index (χ0v) is 12.5. The first-order valence-electron chi connectivity index (χ1n) is 5.38. The van der Waals surface area contributed by atoms with Crippen LogP contribution in [0, 0.1) is 11.6 Å². The number of rotatable bonds is 5. The van der Waals surface area contributed by atoms with E-state index in [-0.39, 0.29) is 17.0 Å². The summed E-state index contributed by atoms with van der Waals surface area (Å²) in [6.45, 7) is 3.75. The van der Waals surface area contributed by atoms with E-state index in [1.807, 2.05) is 20.1 Å². The van der Waals surface area contributed by atoms with Crippen molar-refractivity contribution in [3.63, 3.8) is 0 Å². The van der Waals surface area contributed by atoms with E-state index in [0.717, 1.165) is 12.1 Å². The maximum Gasteiger partial charge on any atom is 0.243 e. The van der Waals surface area contributed by atoms with E-state index in [4.69, 9.17) is 5.73 Å². The number of thioether (sulfide) groups is 1. The Morgan fingerprint density at radius 3 is 2.47 bits per heavy atom. The molecule has 3 N–H and O–H groups in total. The highest BCUT2D eigenvalue weighted by Gasteiger charge is 2.25. The van der Waals surface area contributed by atoms with Crippen LogP contribution >= 0.6 is 11.8 Å². The highest BCUT2D eigenvalue weighted by atomic mass is 32.2. The highest BCUT2D eigenvalue weighted by Crippen LogP contribution is 2.23. The number of nitrogens with one attached hydrogen (secondary N) is 1. The lowest BCUT2D eigenvalue weighted by Gasteiger charge is -2.22. The lowest BCUT2D eigenvalue weighted by Crippen LogP contribution is -2.36. The molecule has 1 aromatic rings. The molecule has 0 aromatic heterocycles. The predicted octanol–water partition coefficient (Wildman–Crippen LogP) is 1.97. The van der Waals surface area contributed by atoms with Gasteiger partial charge in [0, 0.05) is 17.0 Å². The summed E-state index contributed by atoms with van der Waals surface area (Å²) in [7, 11) is -4.14. The molecule has 0 radical (unpaired) electrons. The quantitative estimate of drug-likeness (QED) is 0.816. The van der Waals surface area contributed by atoms with E-state index in [9.17, 15) is 17.2 Å². The number of hydrogen-bond acceptors (Lipinski definition) is 4. The molecule has 4 nitrogen and oxygen atoms in total. The summed E-state index contributed by atoms with van der Waals surface area (Å²) in [6.07, 6.45) is 1.83. The minimum atomic E-state index is -4.14. The van der Waals surface area contributed by atoms with Gasteiger partial charge in [0.2, 0.25) is 10.0 Å². The summed E-state index contributed by atoms with van der Waals surface area (Å²) in [5.74, 6) is -2.71. The molecule has 8 heteroatoms. The molecule has 0 fully saturated rings. The molecule has 0 atom stereocenters. The van der Waals surface area contributed by atoms with Gasteiger partial charge in [-0.05, 0) is 32.2 Å². The third-order valence-electron chi connectivity index (χ3n) is 2.55. The zero-order valence-electron chi connectivity index (χ0n) is 10.8. The number of anilines is 1. The Morgan fingerprint density at radius 2 is 1.95 bits per heavy atom. The van der Waals surface area contributed by atoms with Crippen molar-refractivity contribution < 1.29 is 17.2 Å². The predicted molar refractivity (Wildman–Crippen MR) is 73.6 cm³/mol. The molecule has 0 bridgehead atoms. The van der Waals surface area contributed by atoms with Gasteiger partial charge in [-0.3, -0.25) is 0 Å². The molecule has 0 saturated carbocycles. The van der Waals surface area contributed by atoms with Gasteiger partial charge in [0.05, 0.1) is 0 Å². The molecule has 1 aromatic carbocycles. The third-order valence-corrected chi connectivity index (χ3v) is 5.20. The van der Waals surface area contributed by atoms with Crippen LogP contribution in [0.5, 0.6) is 0 Å². The van der Waals surface area contributed by atoms with Crippen LogP contribution in [0.4, 0.5) is 14.5 Å². The van der Waals surface area contributed by atoms with Crippen LogP contribution in [-0.4, -0.2) is 26.0 Å². The van der Waals surface area contributed by atoms with Gasteiger partial charge in [-0.25, -0.2) is 21.9 Å². The molecular formula is C11H16F2N2O2S2. The van der Waals surface area contributed by atoms with Crippen LogP contribution in [0.2, 0.25) is 0 Å². The fourth-order valence-electron chi connectivity index (χ4n) is 1.20. The van der Waals surface area contributed by atoms with Gasteiger partial charge in [0.15, 0.2) is 11.6 Å². The number of halogens is 2. The van der Waals surface area contributed by atoms with Crippen LogP contribution in [-0.2, 0) is 10.0 Å². The molecular weight excluding hydrogens is 294 g/mol. The Kier molecular flexibility index (Phi) is 4.81. The summed E-state index contributed by atoms with van der Waals surface area (Å²) in [6, 6.07) is 1.63. The second-order valence-electron chi connectivity index (χ2n) is 4.60. The molecule has 0 heterocycles. The van der Waals surface area contributed by atoms with E-state index >= 15 is 0 Å². The standard InChI is InChI=1S/C11H16F2N2O2S2/c1-11(2,18-3)6-15-19(16,17)9-5-7(14)4-8(12)10(9)13/h4-5,15H,6,14H2,1-3H3. The van der Waals surface area contributed by atoms with Gasteiger partial charge < -0.3 is 5.73 Å². The molecule has 0 aliphatic rings. The Hall–Kier alpha value is -0.860. The smallest absolute Gasteiger partial charge is 0.243 e. The lowest BCUT2D eigenvalue weighted by molar-refractivity contribution is 0.483. The van der Waals surface area contributed by atoms with E-state index in [1.54, 1.807) is 0 Å². The van der Waals surface area contributed by atoms with Crippen LogP contribution in [0.25, 0.3) is 0 Å². The van der Waals surface area contributed by atoms with Gasteiger partial charge in [-0.15, -0.1) is 0 Å². The van der Waals surface area contributed by atoms with Crippen LogP contribution in [0.3, 0.4) is 0 Å². The third kappa shape index (κ3) is 4.05. The van der Waals surface area contributed by atoms with Crippen molar-refractivity contribution in [3.8, 4) is 0 Å². The Balaban J connectivity index is 3.08. The number of sulfonamides is 1. The number of hydrogen-bond donors (Lipinski definition) is 2. The van der Waals surface area contributed by atoms with Crippen molar-refractivity contribution in [1.82, 2.24) is 4.72 Å². The first-order chi connectivity index (χ1) is 8.59. The second-order valence-corrected chi connectivity index (χ2v) is 7.85. The van der Waals surface area contributed by atoms with Gasteiger partial charge >= 0.3 is 0 Å². The minimum absolute atomic E-state index is 0.0896. The fourth-order valence-corrected chi connectivity index (χ4v) is 2.84. The largest absolute Gasteiger partial charge is 0.399 e. The first kappa shape index (κ1) is 16.2. The second kappa shape index (κ2) is 5.64. The van der Waals surface area contributed by atoms with E-state index in [2.05, 4.69) is 4.72 Å². The molecule has 0 aliphatic heterocycles. The average Bonchev–Trinajstić information content (AvgIpc) is 2.31. The number of nitrogen functional groups attached to an aromatic ring is 1. The van der Waals surface area contributed by atoms with E-state index in [1.165, 1.54) is 11.8 Å². The topological polar surface area (TPSA) is 72.2 Å². The summed E-state index contributed by atoms with van der Waals surface area (Å²) in [5, 5.41) is 0. The molecule has 108 valence electrons. The number of benzene rings is 1. The monoisotopic (exact) mass is 310 g/mol. The maximum atomic E-state index is 13.5. The van der Waals surface area contributed by atoms with Gasteiger partial charge in [-0.2, -0.15) is 11.8 Å². The molecule has 0 amide bonds. The molecule has 0 unspecified atom stereocenters. The molecule has 0 saturated heterocycles. The van der Waals surface area contributed by atoms with Crippen molar-refractivity contribution in [2.24, 2.45) is 0 Å². The lowest BCUT2D eigenvalue weighted by atomic mass is 10.2. The summed E-state index contributed by atoms with van der Waals surface area (Å²) < 4.78 is 52.5. The fraction of sp³-hybridized carbons (Fsp3) is 0.455. The normalized spacial score (nSPS) is 12.7. The molecule has 0 spiro atoms. The van der Waals surface area contributed by atoms with Crippen LogP contribution in [0.15, 0.2) is 17.0 Å². The van der Waals surface area contributed by atoms with E-state index < -0.39 is 26.6 Å². The van der Waals surface area contributed by atoms with Gasteiger partial charge in [-0.1, -0.05) is 0 Å². The van der Waals surface area contributed by atoms with Crippen molar-refractivity contribution in [2.45, 2.75) is 23.5 Å². The zero-order chi connectivity index (χ0) is 14.8. The highest BCUT2D eigenvalue weighted by molar-refractivity contribution is 8.00. The van der Waals surface area contributed by atoms with Gasteiger partial charge in [0.1, 0.15) is 4.90 Å². The summed E-state index contributed by atoms with van der Waals surface area (Å²) in [5.41, 5.74) is 5.18. The molecule has 19 heavy (non-hydrogen) atoms. The summed E-state index contributed by atoms with van der Waals surface area (Å²) in [4.78, 5) is -0.776. The Bertz CT molecular complexity index is 574. The molecule has 0 aliphatic carbocycles. The van der Waals surface area contributed by atoms with Crippen molar-refractivity contribution in [3.05, 3.63) is 23.8 Å². The Labute approximate surface area is 115 Å². The average molecular weight is 310 g/mol. The van der Waals surface area contributed by atoms with Crippen LogP contribution in [0.1, 0.15) is 13.8 Å². The van der Waals surface area contributed by atoms with Crippen molar-refractivity contribution in [1.29, 1.82) is 0 Å². The minimum Gasteiger partial charge on any atom is -0.399 e. The van der Waals surface area contributed by atoms with Crippen molar-refractivity contribution >= 4 is 27.5 Å². The SMILES string of the molecule is CSC(C)(C)CNS(=O)(=O)c1cc(N)cc(F)c1F. The maximum absolute atomic E-state index is 13.5. The van der Waals surface area contributed by atoms with Gasteiger partial charge in [0.25, 0.3) is 0 Å². The Morgan fingerprint density at radius 1 is 1.37 bits per heavy atom. The first-order valence-corrected chi connectivity index (χ1v) is 8.09. The van der Waals surface area contributed by atoms with Crippen LogP contribution < -0.4 is 10.5 Å². The molecule has 1 rings (SSSR count). The summed E-state index contributed by atoms with van der Waals surface area (Å²) >= 11 is 1.45.